The number of nitrogens with zero attached hydrogens (tertiary/aromatic N) is 3. The Morgan fingerprint density at radius 2 is 1.12 bits per heavy atom. The molecular formula is C45H30BN3O2. The number of hydrogen-bond acceptors (Lipinski definition) is 3. The quantitative estimate of drug-likeness (QED) is 0.165. The summed E-state index contributed by atoms with van der Waals surface area (Å²) < 4.78 is 18.6. The van der Waals surface area contributed by atoms with E-state index in [-0.39, 0.29) is 6.85 Å². The van der Waals surface area contributed by atoms with Crippen molar-refractivity contribution in [3.05, 3.63) is 132 Å². The van der Waals surface area contributed by atoms with Crippen molar-refractivity contribution in [2.75, 3.05) is 0 Å². The minimum atomic E-state index is -0.118. The second kappa shape index (κ2) is 9.29. The van der Waals surface area contributed by atoms with Gasteiger partial charge in [0.25, 0.3) is 0 Å². The van der Waals surface area contributed by atoms with Gasteiger partial charge in [0, 0.05) is 55.2 Å². The van der Waals surface area contributed by atoms with Crippen LogP contribution in [0, 0.1) is 27.7 Å². The van der Waals surface area contributed by atoms with Crippen LogP contribution in [0.4, 0.5) is 0 Å². The molecule has 0 fully saturated rings. The lowest BCUT2D eigenvalue weighted by atomic mass is 9.48. The van der Waals surface area contributed by atoms with Crippen molar-refractivity contribution in [3.8, 4) is 5.69 Å². The van der Waals surface area contributed by atoms with Gasteiger partial charge in [-0.05, 0) is 80.1 Å². The molecule has 0 unspecified atom stereocenters. The molecule has 6 heteroatoms. The molecule has 5 aromatic heterocycles. The second-order valence-electron chi connectivity index (χ2n) is 14.6. The maximum absolute atomic E-state index is 6.86. The maximum atomic E-state index is 6.86. The van der Waals surface area contributed by atoms with E-state index >= 15 is 0 Å². The van der Waals surface area contributed by atoms with E-state index in [0.717, 1.165) is 71.5 Å². The number of furan rings is 2. The van der Waals surface area contributed by atoms with E-state index in [2.05, 4.69) is 128 Å². The Bertz CT molecular complexity index is 3310. The summed E-state index contributed by atoms with van der Waals surface area (Å²) in [5.74, 6) is 0. The van der Waals surface area contributed by atoms with E-state index in [1.165, 1.54) is 55.0 Å². The monoisotopic (exact) mass is 655 g/mol. The Morgan fingerprint density at radius 3 is 1.80 bits per heavy atom. The lowest BCUT2D eigenvalue weighted by Crippen LogP contribution is -2.53. The van der Waals surface area contributed by atoms with Gasteiger partial charge in [-0.3, -0.25) is 4.57 Å². The van der Waals surface area contributed by atoms with Crippen LogP contribution in [-0.4, -0.2) is 20.9 Å². The molecule has 0 bridgehead atoms. The molecule has 51 heavy (non-hydrogen) atoms. The van der Waals surface area contributed by atoms with Crippen molar-refractivity contribution in [1.29, 1.82) is 0 Å². The van der Waals surface area contributed by atoms with E-state index < -0.39 is 0 Å². The molecule has 1 aliphatic rings. The molecule has 6 aromatic carbocycles. The molecule has 12 rings (SSSR count). The Hall–Kier alpha value is -6.27. The fraction of sp³-hybridized carbons (Fsp3) is 0.0889. The van der Waals surface area contributed by atoms with E-state index in [1.807, 2.05) is 18.3 Å². The first-order valence-corrected chi connectivity index (χ1v) is 17.7. The number of aryl methyl sites for hydroxylation is 4. The van der Waals surface area contributed by atoms with E-state index in [0.29, 0.717) is 0 Å². The smallest absolute Gasteiger partial charge is 0.332 e. The molecule has 0 saturated carbocycles. The first-order chi connectivity index (χ1) is 25.0. The summed E-state index contributed by atoms with van der Waals surface area (Å²) in [6, 6.07) is 37.4. The Labute approximate surface area is 292 Å². The zero-order valence-corrected chi connectivity index (χ0v) is 28.6. The maximum Gasteiger partial charge on any atom is 0.332 e. The molecule has 0 atom stereocenters. The van der Waals surface area contributed by atoms with Gasteiger partial charge in [0.1, 0.15) is 28.0 Å². The van der Waals surface area contributed by atoms with Crippen molar-refractivity contribution < 1.29 is 8.83 Å². The minimum Gasteiger partial charge on any atom is -0.455 e. The molecule has 5 nitrogen and oxygen atoms in total. The van der Waals surface area contributed by atoms with Crippen molar-refractivity contribution in [2.24, 2.45) is 0 Å². The average molecular weight is 656 g/mol. The highest BCUT2D eigenvalue weighted by Crippen LogP contribution is 2.45. The van der Waals surface area contributed by atoms with Crippen molar-refractivity contribution in [2.45, 2.75) is 27.7 Å². The Morgan fingerprint density at radius 1 is 0.529 bits per heavy atom. The summed E-state index contributed by atoms with van der Waals surface area (Å²) in [6.07, 6.45) is 1.99. The largest absolute Gasteiger partial charge is 0.455 e. The van der Waals surface area contributed by atoms with E-state index in [9.17, 15) is 0 Å². The fourth-order valence-electron chi connectivity index (χ4n) is 9.67. The lowest BCUT2D eigenvalue weighted by Gasteiger charge is -2.29. The van der Waals surface area contributed by atoms with Crippen molar-refractivity contribution in [3.63, 3.8) is 0 Å². The summed E-state index contributed by atoms with van der Waals surface area (Å²) in [5.41, 5.74) is 16.7. The summed E-state index contributed by atoms with van der Waals surface area (Å²) in [5, 5.41) is 8.92. The molecule has 11 aromatic rings. The van der Waals surface area contributed by atoms with Crippen LogP contribution in [-0.2, 0) is 0 Å². The van der Waals surface area contributed by atoms with Crippen LogP contribution < -0.4 is 10.9 Å². The van der Waals surface area contributed by atoms with Crippen LogP contribution in [0.25, 0.3) is 93.3 Å². The fourth-order valence-corrected chi connectivity index (χ4v) is 9.67. The highest BCUT2D eigenvalue weighted by Gasteiger charge is 2.39. The summed E-state index contributed by atoms with van der Waals surface area (Å²) in [6.45, 7) is 8.83. The van der Waals surface area contributed by atoms with Gasteiger partial charge in [-0.15, -0.1) is 0 Å². The number of hydrogen-bond donors (Lipinski definition) is 0. The standard InChI is InChI=1S/C45H30BN3O2/c1-23-17-25(3)40-29(19-23)30-20-24(2)18-26(4)41(30)49(40)46-33-13-7-8-14-35(33)48-42-34(46)21-31-27-11-5-9-15-36(27)50-43(31)38(42)39-44-32(22-47-45(39)48)28-12-6-10-16-37(28)51-44/h5-22H,1-4H3. The van der Waals surface area contributed by atoms with Crippen LogP contribution in [0.15, 0.2) is 118 Å². The van der Waals surface area contributed by atoms with Gasteiger partial charge in [-0.2, -0.15) is 0 Å². The van der Waals surface area contributed by atoms with Crippen LogP contribution in [0.1, 0.15) is 22.3 Å². The van der Waals surface area contributed by atoms with Crippen LogP contribution in [0.5, 0.6) is 0 Å². The highest BCUT2D eigenvalue weighted by molar-refractivity contribution is 6.88. The number of para-hydroxylation sites is 3. The summed E-state index contributed by atoms with van der Waals surface area (Å²) >= 11 is 0. The number of fused-ring (bicyclic) bond motifs is 16. The normalized spacial score (nSPS) is 13.1. The molecule has 0 amide bonds. The molecule has 0 radical (unpaired) electrons. The average Bonchev–Trinajstić information content (AvgIpc) is 3.87. The molecule has 240 valence electrons. The molecule has 6 heterocycles. The number of aromatic nitrogens is 3. The van der Waals surface area contributed by atoms with Gasteiger partial charge in [-0.1, -0.05) is 83.9 Å². The first-order valence-electron chi connectivity index (χ1n) is 17.7. The Balaban J connectivity index is 1.37. The third-order valence-electron chi connectivity index (χ3n) is 11.4. The van der Waals surface area contributed by atoms with Crippen LogP contribution in [0.3, 0.4) is 0 Å². The first kappa shape index (κ1) is 27.5. The SMILES string of the molecule is Cc1cc(C)c2c(c1)c1cc(C)cc(C)c1n2B1c2ccccc2-n2c3ncc4c5ccccc5oc4c3c3c4oc5ccccc5c4cc1c32. The molecule has 0 aliphatic carbocycles. The van der Waals surface area contributed by atoms with E-state index in [4.69, 9.17) is 13.8 Å². The van der Waals surface area contributed by atoms with E-state index in [1.54, 1.807) is 0 Å². The zero-order chi connectivity index (χ0) is 33.9. The number of pyridine rings is 1. The lowest BCUT2D eigenvalue weighted by molar-refractivity contribution is 0.670. The van der Waals surface area contributed by atoms with Gasteiger partial charge in [-0.25, -0.2) is 4.98 Å². The van der Waals surface area contributed by atoms with Gasteiger partial charge < -0.3 is 13.3 Å². The highest BCUT2D eigenvalue weighted by atomic mass is 16.3. The molecule has 1 aliphatic heterocycles. The van der Waals surface area contributed by atoms with Gasteiger partial charge >= 0.3 is 6.85 Å². The molecule has 0 N–H and O–H groups in total. The molecular weight excluding hydrogens is 625 g/mol. The number of rotatable bonds is 1. The molecule has 0 saturated heterocycles. The summed E-state index contributed by atoms with van der Waals surface area (Å²) in [4.78, 5) is 5.26. The zero-order valence-electron chi connectivity index (χ0n) is 28.6. The predicted octanol–water partition coefficient (Wildman–Crippen LogP) is 10.3. The van der Waals surface area contributed by atoms with Gasteiger partial charge in [0.15, 0.2) is 0 Å². The molecule has 0 spiro atoms. The third-order valence-corrected chi connectivity index (χ3v) is 11.4. The second-order valence-corrected chi connectivity index (χ2v) is 14.6. The predicted molar refractivity (Wildman–Crippen MR) is 212 cm³/mol. The minimum absolute atomic E-state index is 0.118. The van der Waals surface area contributed by atoms with Crippen LogP contribution in [0.2, 0.25) is 0 Å². The van der Waals surface area contributed by atoms with Gasteiger partial charge in [0.05, 0.1) is 16.3 Å². The van der Waals surface area contributed by atoms with Gasteiger partial charge in [0.2, 0.25) is 0 Å². The van der Waals surface area contributed by atoms with Crippen molar-refractivity contribution in [1.82, 2.24) is 14.0 Å². The van der Waals surface area contributed by atoms with Crippen LogP contribution >= 0.6 is 0 Å². The van der Waals surface area contributed by atoms with Crippen molar-refractivity contribution >= 4 is 105 Å². The third kappa shape index (κ3) is 3.31. The number of benzene rings is 6. The summed E-state index contributed by atoms with van der Waals surface area (Å²) in [7, 11) is 0. The Kier molecular flexibility index (Phi) is 5.02. The topological polar surface area (TPSA) is 49.0 Å².